The van der Waals surface area contributed by atoms with Crippen LogP contribution in [0.2, 0.25) is 0 Å². The lowest BCUT2D eigenvalue weighted by atomic mass is 9.83. The summed E-state index contributed by atoms with van der Waals surface area (Å²) in [6, 6.07) is 10.3. The van der Waals surface area contributed by atoms with Gasteiger partial charge in [0.25, 0.3) is 0 Å². The molecule has 0 atom stereocenters. The van der Waals surface area contributed by atoms with Gasteiger partial charge in [0.05, 0.1) is 11.2 Å². The van der Waals surface area contributed by atoms with E-state index in [4.69, 9.17) is 0 Å². The maximum absolute atomic E-state index is 12.9. The lowest BCUT2D eigenvalue weighted by Crippen LogP contribution is -2.45. The van der Waals surface area contributed by atoms with Crippen LogP contribution in [0.25, 0.3) is 0 Å². The molecule has 0 spiro atoms. The molecule has 0 aliphatic carbocycles. The summed E-state index contributed by atoms with van der Waals surface area (Å²) in [5.74, 6) is -0.0354. The molecule has 1 aromatic carbocycles. The minimum absolute atomic E-state index is 0.0354. The second-order valence-corrected chi connectivity index (χ2v) is 6.81. The molecule has 2 aromatic rings. The largest absolute Gasteiger partial charge is 0.416 e. The van der Waals surface area contributed by atoms with Crippen LogP contribution in [0.15, 0.2) is 48.7 Å². The summed E-state index contributed by atoms with van der Waals surface area (Å²) in [7, 11) is 0. The van der Waals surface area contributed by atoms with Crippen LogP contribution in [0.4, 0.5) is 13.2 Å². The topological polar surface area (TPSA) is 53.4 Å². The maximum Gasteiger partial charge on any atom is 0.416 e. The van der Waals surface area contributed by atoms with E-state index in [2.05, 4.69) is 4.98 Å². The number of benzene rings is 1. The molecule has 3 rings (SSSR count). The first-order valence-corrected chi connectivity index (χ1v) is 8.86. The zero-order valence-corrected chi connectivity index (χ0v) is 14.7. The van der Waals surface area contributed by atoms with E-state index in [1.165, 1.54) is 12.1 Å². The second kappa shape index (κ2) is 7.68. The molecular weight excluding hydrogens is 357 g/mol. The summed E-state index contributed by atoms with van der Waals surface area (Å²) in [5.41, 5.74) is -1.04. The van der Waals surface area contributed by atoms with Gasteiger partial charge in [-0.3, -0.25) is 9.78 Å². The van der Waals surface area contributed by atoms with Crippen LogP contribution in [0, 0.1) is 0 Å². The monoisotopic (exact) mass is 378 g/mol. The van der Waals surface area contributed by atoms with Crippen LogP contribution in [0.1, 0.15) is 36.1 Å². The second-order valence-electron chi connectivity index (χ2n) is 6.81. The first kappa shape index (κ1) is 19.4. The van der Waals surface area contributed by atoms with E-state index in [1.54, 1.807) is 11.1 Å². The van der Waals surface area contributed by atoms with E-state index >= 15 is 0 Å². The maximum atomic E-state index is 12.9. The molecule has 0 radical (unpaired) electrons. The van der Waals surface area contributed by atoms with Gasteiger partial charge in [-0.05, 0) is 49.1 Å². The number of hydrogen-bond donors (Lipinski definition) is 1. The lowest BCUT2D eigenvalue weighted by molar-refractivity contribution is -0.137. The molecule has 1 aliphatic rings. The highest BCUT2D eigenvalue weighted by molar-refractivity contribution is 5.76. The molecule has 7 heteroatoms. The van der Waals surface area contributed by atoms with Crippen molar-refractivity contribution in [3.8, 4) is 0 Å². The fourth-order valence-electron chi connectivity index (χ4n) is 3.34. The highest BCUT2D eigenvalue weighted by Crippen LogP contribution is 2.36. The Morgan fingerprint density at radius 2 is 1.89 bits per heavy atom. The Morgan fingerprint density at radius 1 is 1.15 bits per heavy atom. The molecular formula is C20H21F3N2O2. The first-order chi connectivity index (χ1) is 12.8. The number of aryl methyl sites for hydroxylation is 1. The molecule has 0 unspecified atom stereocenters. The highest BCUT2D eigenvalue weighted by Gasteiger charge is 2.37. The molecule has 1 aromatic heterocycles. The number of halogens is 3. The molecule has 4 nitrogen and oxygen atoms in total. The molecule has 0 saturated carbocycles. The lowest BCUT2D eigenvalue weighted by Gasteiger charge is -2.38. The van der Waals surface area contributed by atoms with Crippen molar-refractivity contribution in [2.75, 3.05) is 13.1 Å². The Labute approximate surface area is 155 Å². The minimum atomic E-state index is -4.45. The van der Waals surface area contributed by atoms with Crippen LogP contribution in [-0.4, -0.2) is 34.0 Å². The van der Waals surface area contributed by atoms with Gasteiger partial charge < -0.3 is 10.0 Å². The van der Waals surface area contributed by atoms with E-state index in [1.807, 2.05) is 18.2 Å². The number of piperidine rings is 1. The van der Waals surface area contributed by atoms with Crippen molar-refractivity contribution >= 4 is 5.91 Å². The SMILES string of the molecule is O=C(CCc1ccccn1)N1CCC(O)(c2cccc(C(F)(F)F)c2)CC1. The van der Waals surface area contributed by atoms with Gasteiger partial charge in [-0.25, -0.2) is 0 Å². The summed E-state index contributed by atoms with van der Waals surface area (Å²) in [6.45, 7) is 0.627. The number of alkyl halides is 3. The summed E-state index contributed by atoms with van der Waals surface area (Å²) < 4.78 is 38.7. The van der Waals surface area contributed by atoms with E-state index in [0.29, 0.717) is 25.9 Å². The van der Waals surface area contributed by atoms with Crippen LogP contribution < -0.4 is 0 Å². The van der Waals surface area contributed by atoms with Crippen LogP contribution in [0.3, 0.4) is 0 Å². The van der Waals surface area contributed by atoms with Crippen LogP contribution >= 0.6 is 0 Å². The summed E-state index contributed by atoms with van der Waals surface area (Å²) in [5, 5.41) is 10.8. The Kier molecular flexibility index (Phi) is 5.51. The van der Waals surface area contributed by atoms with Crippen LogP contribution in [-0.2, 0) is 23.0 Å². The molecule has 144 valence electrons. The van der Waals surface area contributed by atoms with Crippen molar-refractivity contribution in [3.05, 3.63) is 65.5 Å². The Balaban J connectivity index is 1.60. The van der Waals surface area contributed by atoms with Crippen molar-refractivity contribution in [2.24, 2.45) is 0 Å². The summed E-state index contributed by atoms with van der Waals surface area (Å²) >= 11 is 0. The van der Waals surface area contributed by atoms with E-state index in [0.717, 1.165) is 17.8 Å². The van der Waals surface area contributed by atoms with Gasteiger partial charge in [-0.1, -0.05) is 18.2 Å². The van der Waals surface area contributed by atoms with Crippen molar-refractivity contribution < 1.29 is 23.1 Å². The number of carbonyl (C=O) groups is 1. The number of hydrogen-bond acceptors (Lipinski definition) is 3. The third kappa shape index (κ3) is 4.66. The van der Waals surface area contributed by atoms with Crippen molar-refractivity contribution in [2.45, 2.75) is 37.5 Å². The fourth-order valence-corrected chi connectivity index (χ4v) is 3.34. The number of carbonyl (C=O) groups excluding carboxylic acids is 1. The quantitative estimate of drug-likeness (QED) is 0.885. The minimum Gasteiger partial charge on any atom is -0.385 e. The Hall–Kier alpha value is -2.41. The first-order valence-electron chi connectivity index (χ1n) is 8.86. The molecule has 1 N–H and O–H groups in total. The molecule has 27 heavy (non-hydrogen) atoms. The fraction of sp³-hybridized carbons (Fsp3) is 0.400. The smallest absolute Gasteiger partial charge is 0.385 e. The van der Waals surface area contributed by atoms with Crippen molar-refractivity contribution in [1.29, 1.82) is 0 Å². The van der Waals surface area contributed by atoms with E-state index in [-0.39, 0.29) is 24.3 Å². The van der Waals surface area contributed by atoms with Crippen molar-refractivity contribution in [3.63, 3.8) is 0 Å². The number of rotatable bonds is 4. The van der Waals surface area contributed by atoms with Crippen LogP contribution in [0.5, 0.6) is 0 Å². The number of aromatic nitrogens is 1. The third-order valence-electron chi connectivity index (χ3n) is 4.99. The van der Waals surface area contributed by atoms with Gasteiger partial charge in [0.2, 0.25) is 5.91 Å². The summed E-state index contributed by atoms with van der Waals surface area (Å²) in [4.78, 5) is 18.2. The standard InChI is InChI=1S/C20H21F3N2O2/c21-20(22,23)16-5-3-4-15(14-16)19(27)9-12-25(13-10-19)18(26)8-7-17-6-1-2-11-24-17/h1-6,11,14,27H,7-10,12-13H2. The number of nitrogens with zero attached hydrogens (tertiary/aromatic N) is 2. The molecule has 1 fully saturated rings. The average molecular weight is 378 g/mol. The molecule has 2 heterocycles. The number of pyridine rings is 1. The molecule has 1 amide bonds. The predicted octanol–water partition coefficient (Wildman–Crippen LogP) is 3.54. The number of amides is 1. The summed E-state index contributed by atoms with van der Waals surface area (Å²) in [6.07, 6.45) is -1.50. The third-order valence-corrected chi connectivity index (χ3v) is 4.99. The number of likely N-dealkylation sites (tertiary alicyclic amines) is 1. The van der Waals surface area contributed by atoms with Gasteiger partial charge in [0, 0.05) is 31.4 Å². The van der Waals surface area contributed by atoms with Gasteiger partial charge in [0.1, 0.15) is 0 Å². The average Bonchev–Trinajstić information content (AvgIpc) is 2.67. The zero-order valence-electron chi connectivity index (χ0n) is 14.7. The van der Waals surface area contributed by atoms with E-state index < -0.39 is 17.3 Å². The van der Waals surface area contributed by atoms with Gasteiger partial charge in [-0.15, -0.1) is 0 Å². The zero-order chi connectivity index (χ0) is 19.5. The van der Waals surface area contributed by atoms with Gasteiger partial charge >= 0.3 is 6.18 Å². The van der Waals surface area contributed by atoms with E-state index in [9.17, 15) is 23.1 Å². The Bertz CT molecular complexity index is 785. The van der Waals surface area contributed by atoms with Gasteiger partial charge in [0.15, 0.2) is 0 Å². The molecule has 0 bridgehead atoms. The normalized spacial score (nSPS) is 17.0. The highest BCUT2D eigenvalue weighted by atomic mass is 19.4. The molecule has 1 saturated heterocycles. The van der Waals surface area contributed by atoms with Gasteiger partial charge in [-0.2, -0.15) is 13.2 Å². The Morgan fingerprint density at radius 3 is 2.52 bits per heavy atom. The predicted molar refractivity (Wildman–Crippen MR) is 93.7 cm³/mol. The van der Waals surface area contributed by atoms with Crippen molar-refractivity contribution in [1.82, 2.24) is 9.88 Å². The molecule has 1 aliphatic heterocycles. The number of aliphatic hydroxyl groups is 1.